The minimum Gasteiger partial charge on any atom is -0.493 e. The molecule has 0 saturated carbocycles. The number of nitrogens with zero attached hydrogens (tertiary/aromatic N) is 3. The van der Waals surface area contributed by atoms with E-state index in [9.17, 15) is 14.4 Å². The SMILES string of the molecule is CCCNC(=O)c1ccc(-c2cc3c(cc2C(=O)Nc2cnc(CN)nc2)-c2sccc2CCO3)c(C(=O)OC)n1. The van der Waals surface area contributed by atoms with Crippen LogP contribution in [0.3, 0.4) is 0 Å². The van der Waals surface area contributed by atoms with Crippen LogP contribution >= 0.6 is 11.3 Å². The Balaban J connectivity index is 1.66. The first-order valence-electron chi connectivity index (χ1n) is 13.0. The van der Waals surface area contributed by atoms with Crippen LogP contribution in [0.1, 0.15) is 56.1 Å². The number of methoxy groups -OCH3 is 1. The van der Waals surface area contributed by atoms with Crippen molar-refractivity contribution in [2.75, 3.05) is 25.6 Å². The smallest absolute Gasteiger partial charge is 0.357 e. The van der Waals surface area contributed by atoms with E-state index in [0.29, 0.717) is 48.0 Å². The third-order valence-electron chi connectivity index (χ3n) is 6.46. The van der Waals surface area contributed by atoms with Gasteiger partial charge >= 0.3 is 5.97 Å². The molecule has 0 bridgehead atoms. The Hall–Kier alpha value is -4.68. The maximum absolute atomic E-state index is 13.8. The number of thiophene rings is 1. The third-order valence-corrected chi connectivity index (χ3v) is 7.45. The van der Waals surface area contributed by atoms with Gasteiger partial charge in [0.25, 0.3) is 11.8 Å². The van der Waals surface area contributed by atoms with Crippen LogP contribution in [0.5, 0.6) is 5.75 Å². The first-order chi connectivity index (χ1) is 19.9. The number of amides is 2. The van der Waals surface area contributed by atoms with Crippen molar-refractivity contribution in [1.82, 2.24) is 20.3 Å². The standard InChI is InChI=1S/C29H28N6O5S/c1-3-8-31-28(37)22-5-4-18(25(35-22)29(38)39-2)19-12-23-21(26-16(6-9-40-23)7-10-41-26)11-20(19)27(36)34-17-14-32-24(13-30)33-15-17/h4-5,7,10-12,14-15H,3,6,8-9,13,30H2,1-2H3,(H,31,37)(H,34,36). The quantitative estimate of drug-likeness (QED) is 0.267. The number of ether oxygens (including phenoxy) is 2. The van der Waals surface area contributed by atoms with Gasteiger partial charge in [-0.1, -0.05) is 6.92 Å². The highest BCUT2D eigenvalue weighted by Crippen LogP contribution is 2.43. The van der Waals surface area contributed by atoms with Crippen LogP contribution in [-0.2, 0) is 17.7 Å². The van der Waals surface area contributed by atoms with Gasteiger partial charge in [-0.15, -0.1) is 11.3 Å². The number of nitrogens with one attached hydrogen (secondary N) is 2. The Kier molecular flexibility index (Phi) is 8.31. The minimum atomic E-state index is -0.751. The summed E-state index contributed by atoms with van der Waals surface area (Å²) in [6.45, 7) is 3.01. The van der Waals surface area contributed by atoms with Crippen molar-refractivity contribution in [3.8, 4) is 27.3 Å². The lowest BCUT2D eigenvalue weighted by molar-refractivity contribution is 0.0594. The molecular weight excluding hydrogens is 544 g/mol. The zero-order chi connectivity index (χ0) is 28.9. The van der Waals surface area contributed by atoms with E-state index < -0.39 is 17.8 Å². The van der Waals surface area contributed by atoms with E-state index in [1.165, 1.54) is 25.6 Å². The van der Waals surface area contributed by atoms with E-state index >= 15 is 0 Å². The van der Waals surface area contributed by atoms with Gasteiger partial charge in [-0.25, -0.2) is 19.7 Å². The molecule has 0 saturated heterocycles. The van der Waals surface area contributed by atoms with Crippen LogP contribution in [0.4, 0.5) is 5.69 Å². The molecule has 0 unspecified atom stereocenters. The topological polar surface area (TPSA) is 158 Å². The molecule has 1 aliphatic rings. The minimum absolute atomic E-state index is 0.0555. The molecule has 0 spiro atoms. The predicted molar refractivity (Wildman–Crippen MR) is 154 cm³/mol. The molecule has 3 aromatic heterocycles. The van der Waals surface area contributed by atoms with Crippen LogP contribution in [0.25, 0.3) is 21.6 Å². The molecule has 41 heavy (non-hydrogen) atoms. The second kappa shape index (κ2) is 12.2. The molecule has 1 aliphatic heterocycles. The van der Waals surface area contributed by atoms with Crippen LogP contribution in [0, 0.1) is 0 Å². The number of pyridine rings is 1. The molecule has 0 radical (unpaired) electrons. The predicted octanol–water partition coefficient (Wildman–Crippen LogP) is 3.84. The molecule has 4 N–H and O–H groups in total. The number of carbonyl (C=O) groups excluding carboxylic acids is 3. The summed E-state index contributed by atoms with van der Waals surface area (Å²) in [7, 11) is 1.23. The number of anilines is 1. The molecule has 1 aromatic carbocycles. The van der Waals surface area contributed by atoms with Gasteiger partial charge in [-0.2, -0.15) is 0 Å². The lowest BCUT2D eigenvalue weighted by Gasteiger charge is -2.17. The summed E-state index contributed by atoms with van der Waals surface area (Å²) < 4.78 is 11.1. The maximum Gasteiger partial charge on any atom is 0.357 e. The summed E-state index contributed by atoms with van der Waals surface area (Å²) in [5.41, 5.74) is 8.75. The zero-order valence-electron chi connectivity index (χ0n) is 22.5. The highest BCUT2D eigenvalue weighted by Gasteiger charge is 2.27. The molecule has 11 nitrogen and oxygen atoms in total. The Morgan fingerprint density at radius 3 is 2.61 bits per heavy atom. The van der Waals surface area contributed by atoms with Crippen molar-refractivity contribution in [2.45, 2.75) is 26.3 Å². The largest absolute Gasteiger partial charge is 0.493 e. The van der Waals surface area contributed by atoms with Crippen molar-refractivity contribution in [2.24, 2.45) is 5.73 Å². The summed E-state index contributed by atoms with van der Waals surface area (Å²) in [4.78, 5) is 53.0. The van der Waals surface area contributed by atoms with E-state index in [1.54, 1.807) is 29.5 Å². The van der Waals surface area contributed by atoms with Gasteiger partial charge in [0.15, 0.2) is 5.69 Å². The number of esters is 1. The lowest BCUT2D eigenvalue weighted by Crippen LogP contribution is -2.26. The van der Waals surface area contributed by atoms with Gasteiger partial charge in [-0.05, 0) is 47.7 Å². The number of aromatic nitrogens is 3. The van der Waals surface area contributed by atoms with E-state index in [-0.39, 0.29) is 23.5 Å². The molecule has 0 aliphatic carbocycles. The molecular formula is C29H28N6O5S. The fraction of sp³-hybridized carbons (Fsp3) is 0.241. The number of benzene rings is 1. The second-order valence-corrected chi connectivity index (χ2v) is 10.1. The number of hydrogen-bond acceptors (Lipinski definition) is 10. The van der Waals surface area contributed by atoms with Crippen molar-refractivity contribution in [1.29, 1.82) is 0 Å². The first-order valence-corrected chi connectivity index (χ1v) is 13.9. The lowest BCUT2D eigenvalue weighted by atomic mass is 9.93. The molecule has 4 heterocycles. The zero-order valence-corrected chi connectivity index (χ0v) is 23.3. The summed E-state index contributed by atoms with van der Waals surface area (Å²) in [5, 5.41) is 7.59. The summed E-state index contributed by atoms with van der Waals surface area (Å²) in [5.74, 6) is -0.631. The number of fused-ring (bicyclic) bond motifs is 3. The maximum atomic E-state index is 13.8. The molecule has 12 heteroatoms. The van der Waals surface area contributed by atoms with Gasteiger partial charge in [0.1, 0.15) is 17.3 Å². The van der Waals surface area contributed by atoms with Gasteiger partial charge in [0, 0.05) is 40.1 Å². The monoisotopic (exact) mass is 572 g/mol. The van der Waals surface area contributed by atoms with Gasteiger partial charge in [-0.3, -0.25) is 9.59 Å². The fourth-order valence-corrected chi connectivity index (χ4v) is 5.41. The molecule has 5 rings (SSSR count). The van der Waals surface area contributed by atoms with E-state index in [4.69, 9.17) is 15.2 Å². The summed E-state index contributed by atoms with van der Waals surface area (Å²) in [6, 6.07) is 8.62. The van der Waals surface area contributed by atoms with E-state index in [2.05, 4.69) is 25.6 Å². The van der Waals surface area contributed by atoms with Crippen LogP contribution in [-0.4, -0.2) is 53.0 Å². The first kappa shape index (κ1) is 27.9. The molecule has 2 amide bonds. The van der Waals surface area contributed by atoms with E-state index in [1.807, 2.05) is 18.4 Å². The van der Waals surface area contributed by atoms with Crippen molar-refractivity contribution < 1.29 is 23.9 Å². The highest BCUT2D eigenvalue weighted by molar-refractivity contribution is 7.13. The highest BCUT2D eigenvalue weighted by atomic mass is 32.1. The van der Waals surface area contributed by atoms with Crippen molar-refractivity contribution in [3.05, 3.63) is 76.4 Å². The fourth-order valence-electron chi connectivity index (χ4n) is 4.43. The molecule has 4 aromatic rings. The summed E-state index contributed by atoms with van der Waals surface area (Å²) in [6.07, 6.45) is 4.41. The van der Waals surface area contributed by atoms with E-state index in [0.717, 1.165) is 22.4 Å². The van der Waals surface area contributed by atoms with Crippen LogP contribution in [0.2, 0.25) is 0 Å². The molecule has 0 fully saturated rings. The Morgan fingerprint density at radius 2 is 1.88 bits per heavy atom. The Morgan fingerprint density at radius 1 is 1.07 bits per heavy atom. The number of carbonyl (C=O) groups is 3. The second-order valence-electron chi connectivity index (χ2n) is 9.15. The van der Waals surface area contributed by atoms with Crippen molar-refractivity contribution >= 4 is 34.8 Å². The van der Waals surface area contributed by atoms with Gasteiger partial charge in [0.2, 0.25) is 0 Å². The molecule has 210 valence electrons. The van der Waals surface area contributed by atoms with Gasteiger partial charge in [0.05, 0.1) is 38.3 Å². The number of nitrogens with two attached hydrogens (primary N) is 1. The average Bonchev–Trinajstić information content (AvgIpc) is 3.40. The van der Waals surface area contributed by atoms with Gasteiger partial charge < -0.3 is 25.8 Å². The van der Waals surface area contributed by atoms with Crippen LogP contribution in [0.15, 0.2) is 48.1 Å². The molecule has 0 atom stereocenters. The third kappa shape index (κ3) is 5.79. The normalized spacial score (nSPS) is 11.9. The number of rotatable bonds is 8. The summed E-state index contributed by atoms with van der Waals surface area (Å²) >= 11 is 1.56. The number of hydrogen-bond donors (Lipinski definition) is 3. The van der Waals surface area contributed by atoms with Crippen LogP contribution < -0.4 is 21.1 Å². The average molecular weight is 573 g/mol. The van der Waals surface area contributed by atoms with Crippen molar-refractivity contribution in [3.63, 3.8) is 0 Å². The Bertz CT molecular complexity index is 1620. The Labute approximate surface area is 240 Å².